The van der Waals surface area contributed by atoms with Gasteiger partial charge in [-0.2, -0.15) is 0 Å². The molecule has 0 N–H and O–H groups in total. The van der Waals surface area contributed by atoms with E-state index < -0.39 is 0 Å². The van der Waals surface area contributed by atoms with Crippen LogP contribution in [-0.4, -0.2) is 0 Å². The molecule has 0 unspecified atom stereocenters. The second-order valence-corrected chi connectivity index (χ2v) is 0. The average molecular weight is 276 g/mol. The molecule has 0 aliphatic rings. The molecule has 0 bridgehead atoms. The van der Waals surface area contributed by atoms with Gasteiger partial charge in [0.05, 0.1) is 0 Å². The summed E-state index contributed by atoms with van der Waals surface area (Å²) in [5, 5.41) is 0. The van der Waals surface area contributed by atoms with E-state index in [1.807, 2.05) is 0 Å². The van der Waals surface area contributed by atoms with Gasteiger partial charge in [-0.1, -0.05) is 0 Å². The SMILES string of the molecule is [F-].[F-].[F-].[F-].[O]=[W+4]. The first-order valence-electron chi connectivity index (χ1n) is 0.167. The summed E-state index contributed by atoms with van der Waals surface area (Å²) in [5.41, 5.74) is 0. The number of hydrogen-bond donors (Lipinski definition) is 0. The van der Waals surface area contributed by atoms with Crippen LogP contribution in [0.2, 0.25) is 0 Å². The van der Waals surface area contributed by atoms with Crippen molar-refractivity contribution in [1.29, 1.82) is 0 Å². The van der Waals surface area contributed by atoms with Gasteiger partial charge in [0.15, 0.2) is 0 Å². The molecule has 6 heteroatoms. The molecule has 6 heavy (non-hydrogen) atoms. The van der Waals surface area contributed by atoms with Gasteiger partial charge in [-0.25, -0.2) is 0 Å². The Balaban J connectivity index is -0.000000000833. The van der Waals surface area contributed by atoms with Gasteiger partial charge in [-0.15, -0.1) is 0 Å². The second-order valence-electron chi connectivity index (χ2n) is 0. The molecule has 0 saturated carbocycles. The van der Waals surface area contributed by atoms with E-state index in [9.17, 15) is 0 Å². The Morgan fingerprint density at radius 3 is 0.667 bits per heavy atom. The molecule has 0 aromatic carbocycles. The quantitative estimate of drug-likeness (QED) is 0.402. The fourth-order valence-electron chi connectivity index (χ4n) is 0. The summed E-state index contributed by atoms with van der Waals surface area (Å²) in [7, 11) is 0. The van der Waals surface area contributed by atoms with E-state index in [0.717, 1.165) is 0 Å². The standard InChI is InChI=1S/4FH.O.W/h4*1H;;/q;;;;;+4/p-4. The predicted molar refractivity (Wildman–Crippen MR) is 0.686 cm³/mol. The topological polar surface area (TPSA) is 17.1 Å². The minimum atomic E-state index is 0. The molecule has 0 rings (SSSR count). The summed E-state index contributed by atoms with van der Waals surface area (Å²) < 4.78 is 8.33. The average Bonchev–Trinajstić information content (AvgIpc) is 1.00. The van der Waals surface area contributed by atoms with Gasteiger partial charge in [-0.05, 0) is 0 Å². The zero-order chi connectivity index (χ0) is 2.00. The molecule has 0 spiro atoms. The van der Waals surface area contributed by atoms with Crippen LogP contribution in [0.3, 0.4) is 0 Å². The Morgan fingerprint density at radius 1 is 0.667 bits per heavy atom. The summed E-state index contributed by atoms with van der Waals surface area (Å²) in [6.45, 7) is 0. The minimum absolute atomic E-state index is 0. The molecule has 0 aromatic rings. The van der Waals surface area contributed by atoms with Crippen LogP contribution < -0.4 is 18.8 Å². The van der Waals surface area contributed by atoms with E-state index in [-0.39, 0.29) is 18.8 Å². The molecule has 0 aliphatic heterocycles. The van der Waals surface area contributed by atoms with Crippen molar-refractivity contribution in [1.82, 2.24) is 0 Å². The molecule has 0 fully saturated rings. The van der Waals surface area contributed by atoms with E-state index in [4.69, 9.17) is 3.40 Å². The van der Waals surface area contributed by atoms with Crippen LogP contribution in [0.25, 0.3) is 0 Å². The van der Waals surface area contributed by atoms with Crippen LogP contribution in [0.15, 0.2) is 0 Å². The fraction of sp³-hybridized carbons (Fsp3) is 0. The Morgan fingerprint density at radius 2 is 0.667 bits per heavy atom. The molecular weight excluding hydrogens is 276 g/mol. The van der Waals surface area contributed by atoms with Crippen molar-refractivity contribution in [3.63, 3.8) is 0 Å². The summed E-state index contributed by atoms with van der Waals surface area (Å²) in [6, 6.07) is 0. The molecule has 0 atom stereocenters. The fourth-order valence-corrected chi connectivity index (χ4v) is 0. The first-order chi connectivity index (χ1) is 1.00. The molecule has 0 amide bonds. The monoisotopic (exact) mass is 276 g/mol. The van der Waals surface area contributed by atoms with Crippen molar-refractivity contribution < 1.29 is 42.0 Å². The van der Waals surface area contributed by atoms with Gasteiger partial charge in [0.1, 0.15) is 0 Å². The van der Waals surface area contributed by atoms with Gasteiger partial charge in [0.2, 0.25) is 0 Å². The summed E-state index contributed by atoms with van der Waals surface area (Å²) in [4.78, 5) is 0. The van der Waals surface area contributed by atoms with E-state index in [1.54, 1.807) is 0 Å². The second kappa shape index (κ2) is 2130. The van der Waals surface area contributed by atoms with Crippen molar-refractivity contribution in [3.8, 4) is 0 Å². The van der Waals surface area contributed by atoms with Crippen LogP contribution in [0, 0.1) is 0 Å². The van der Waals surface area contributed by atoms with Gasteiger partial charge in [-0.3, -0.25) is 0 Å². The first kappa shape index (κ1) is 115. The number of hydrogen-bond acceptors (Lipinski definition) is 1. The Labute approximate surface area is 42.8 Å². The Bertz CT molecular complexity index is 7.51. The first-order valence-corrected chi connectivity index (χ1v) is 1.36. The van der Waals surface area contributed by atoms with Gasteiger partial charge >= 0.3 is 23.2 Å². The van der Waals surface area contributed by atoms with Gasteiger partial charge < -0.3 is 18.8 Å². The third-order valence-electron chi connectivity index (χ3n) is 0. The van der Waals surface area contributed by atoms with E-state index in [1.165, 1.54) is 0 Å². The van der Waals surface area contributed by atoms with Crippen molar-refractivity contribution in [3.05, 3.63) is 0 Å². The third-order valence-corrected chi connectivity index (χ3v) is 0. The van der Waals surface area contributed by atoms with Crippen LogP contribution in [0.1, 0.15) is 0 Å². The van der Waals surface area contributed by atoms with Crippen molar-refractivity contribution in [2.24, 2.45) is 0 Å². The maximum atomic E-state index is 8.33. The molecule has 0 saturated heterocycles. The van der Waals surface area contributed by atoms with Crippen LogP contribution in [0.4, 0.5) is 0 Å². The molecule has 0 radical (unpaired) electrons. The van der Waals surface area contributed by atoms with Crippen LogP contribution >= 0.6 is 0 Å². The van der Waals surface area contributed by atoms with Crippen molar-refractivity contribution >= 4 is 0 Å². The molecule has 40 valence electrons. The molecule has 0 aliphatic carbocycles. The summed E-state index contributed by atoms with van der Waals surface area (Å²) in [6.07, 6.45) is 0. The predicted octanol–water partition coefficient (Wildman–Crippen LogP) is -12.1. The normalized spacial score (nSPS) is 1.00. The summed E-state index contributed by atoms with van der Waals surface area (Å²) >= 11 is 0.333. The van der Waals surface area contributed by atoms with Crippen molar-refractivity contribution in [2.75, 3.05) is 0 Å². The number of rotatable bonds is 0. The van der Waals surface area contributed by atoms with Crippen LogP contribution in [0.5, 0.6) is 0 Å². The third kappa shape index (κ3) is 998. The Hall–Kier alpha value is 0.208. The van der Waals surface area contributed by atoms with Crippen molar-refractivity contribution in [2.45, 2.75) is 0 Å². The molecule has 0 aromatic heterocycles. The van der Waals surface area contributed by atoms with E-state index in [0.29, 0.717) is 19.8 Å². The maximum absolute atomic E-state index is 8.33. The van der Waals surface area contributed by atoms with Gasteiger partial charge in [0.25, 0.3) is 0 Å². The molecule has 1 nitrogen and oxygen atoms in total. The molecule has 0 heterocycles. The summed E-state index contributed by atoms with van der Waals surface area (Å²) in [5.74, 6) is 0. The van der Waals surface area contributed by atoms with E-state index in [2.05, 4.69) is 0 Å². The molecular formula is F4OW. The zero-order valence-corrected chi connectivity index (χ0v) is 5.26. The zero-order valence-electron chi connectivity index (χ0n) is 2.33. The number of halogens is 4. The van der Waals surface area contributed by atoms with Gasteiger partial charge in [0, 0.05) is 0 Å². The van der Waals surface area contributed by atoms with Crippen LogP contribution in [-0.2, 0) is 23.2 Å². The van der Waals surface area contributed by atoms with E-state index >= 15 is 0 Å². The Kier molecular flexibility index (Phi) is 40900.